The highest BCUT2D eigenvalue weighted by atomic mass is 32.1. The van der Waals surface area contributed by atoms with Crippen molar-refractivity contribution in [1.82, 2.24) is 15.5 Å². The number of carboxylic acids is 1. The van der Waals surface area contributed by atoms with E-state index in [1.54, 1.807) is 12.1 Å². The molecule has 1 fully saturated rings. The Morgan fingerprint density at radius 3 is 2.18 bits per heavy atom. The summed E-state index contributed by atoms with van der Waals surface area (Å²) in [6, 6.07) is 1.24. The smallest absolute Gasteiger partial charge is 0.323 e. The van der Waals surface area contributed by atoms with Crippen molar-refractivity contribution < 1.29 is 60.3 Å². The third-order valence-corrected chi connectivity index (χ3v) is 9.65. The van der Waals surface area contributed by atoms with Crippen LogP contribution in [0, 0.1) is 11.8 Å². The highest BCUT2D eigenvalue weighted by Crippen LogP contribution is 2.26. The van der Waals surface area contributed by atoms with Gasteiger partial charge in [0.25, 0.3) is 0 Å². The molecule has 1 aromatic rings. The van der Waals surface area contributed by atoms with Crippen LogP contribution in [0.2, 0.25) is 0 Å². The van der Waals surface area contributed by atoms with E-state index in [2.05, 4.69) is 47.4 Å². The zero-order valence-electron chi connectivity index (χ0n) is 27.9. The van der Waals surface area contributed by atoms with Crippen LogP contribution in [0.15, 0.2) is 24.3 Å². The molecule has 0 saturated carbocycles. The molecule has 7 atom stereocenters. The van der Waals surface area contributed by atoms with Gasteiger partial charge in [-0.2, -0.15) is 25.3 Å². The second-order valence-corrected chi connectivity index (χ2v) is 13.3. The molecule has 50 heavy (non-hydrogen) atoms. The second kappa shape index (κ2) is 20.8. The largest absolute Gasteiger partial charge is 0.508 e. The first-order chi connectivity index (χ1) is 23.6. The number of hydrogen-bond acceptors (Lipinski definition) is 11. The first-order valence-electron chi connectivity index (χ1n) is 16.4. The number of Topliss-reactive ketones (excluding diaryl/α,β-unsaturated/α-hetero) is 2. The van der Waals surface area contributed by atoms with Gasteiger partial charge in [0.15, 0.2) is 22.9 Å². The number of phenolic OH excluding ortho intramolecular Hbond substituents is 1. The maximum atomic E-state index is 13.8. The second-order valence-electron chi connectivity index (χ2n) is 12.4. The summed E-state index contributed by atoms with van der Waals surface area (Å²) in [4.78, 5) is 91.4. The highest BCUT2D eigenvalue weighted by Gasteiger charge is 2.40. The maximum Gasteiger partial charge on any atom is 0.323 e. The number of amides is 4. The monoisotopic (exact) mass is 742 g/mol. The number of ketones is 2. The fraction of sp³-hybridized carbons (Fsp3) is 0.594. The van der Waals surface area contributed by atoms with Crippen LogP contribution in [-0.2, 0) is 40.0 Å². The van der Waals surface area contributed by atoms with E-state index in [0.29, 0.717) is 44.2 Å². The Morgan fingerprint density at radius 1 is 0.980 bits per heavy atom. The zero-order valence-corrected chi connectivity index (χ0v) is 29.7. The van der Waals surface area contributed by atoms with E-state index >= 15 is 0 Å². The zero-order chi connectivity index (χ0) is 37.5. The van der Waals surface area contributed by atoms with Crippen LogP contribution in [-0.4, -0.2) is 116 Å². The molecular weight excluding hydrogens is 693 g/mol. The lowest BCUT2D eigenvalue weighted by Gasteiger charge is -2.29. The van der Waals surface area contributed by atoms with Gasteiger partial charge in [-0.1, -0.05) is 12.1 Å². The number of nitrogens with two attached hydrogens (primary N) is 1. The number of carbonyl (C=O) groups excluding carboxylic acids is 6. The van der Waals surface area contributed by atoms with Crippen LogP contribution in [0.5, 0.6) is 5.75 Å². The minimum atomic E-state index is -1.39. The maximum absolute atomic E-state index is 13.8. The van der Waals surface area contributed by atoms with E-state index in [-0.39, 0.29) is 30.9 Å². The summed E-state index contributed by atoms with van der Waals surface area (Å²) in [6.45, 7) is 0.0873. The Labute approximate surface area is 301 Å². The number of aromatic hydroxyl groups is 1. The molecule has 1 aliphatic rings. The van der Waals surface area contributed by atoms with Crippen molar-refractivity contribution >= 4 is 66.4 Å². The number of phenols is 1. The Bertz CT molecular complexity index is 1370. The molecule has 4 amide bonds. The third kappa shape index (κ3) is 12.6. The SMILES string of the molecule is NC(=O)[C@H](CO)NC(=O)[C@@H](CC(=O)[C@H](CS)NC(=O)[C@@H]1CCCN1C(=O)[C@H](CCCC[NH3+])CC(=O)[C@@H]([NH3+])[C@@H](S)C(=O)O)Cc1ccc(O)cc1. The van der Waals surface area contributed by atoms with Crippen molar-refractivity contribution in [3.8, 4) is 5.75 Å². The predicted octanol–water partition coefficient (Wildman–Crippen LogP) is -3.14. The van der Waals surface area contributed by atoms with E-state index in [1.165, 1.54) is 17.0 Å². The number of rotatable bonds is 22. The number of nitrogens with one attached hydrogen (secondary N) is 2. The third-order valence-electron chi connectivity index (χ3n) is 8.70. The van der Waals surface area contributed by atoms with E-state index in [1.807, 2.05) is 0 Å². The van der Waals surface area contributed by atoms with Crippen molar-refractivity contribution in [1.29, 1.82) is 0 Å². The van der Waals surface area contributed by atoms with Crippen molar-refractivity contribution in [2.45, 2.75) is 80.8 Å². The van der Waals surface area contributed by atoms with Crippen molar-refractivity contribution in [2.75, 3.05) is 25.4 Å². The first-order valence-corrected chi connectivity index (χ1v) is 17.6. The topological polar surface area (TPSA) is 289 Å². The average molecular weight is 743 g/mol. The molecule has 1 saturated heterocycles. The van der Waals surface area contributed by atoms with Gasteiger partial charge in [-0.15, -0.1) is 0 Å². The van der Waals surface area contributed by atoms with Gasteiger partial charge in [-0.05, 0) is 56.2 Å². The van der Waals surface area contributed by atoms with Crippen LogP contribution in [0.25, 0.3) is 0 Å². The summed E-state index contributed by atoms with van der Waals surface area (Å²) >= 11 is 8.21. The number of unbranched alkanes of at least 4 members (excludes halogenated alkanes) is 1. The lowest BCUT2D eigenvalue weighted by atomic mass is 9.91. The predicted molar refractivity (Wildman–Crippen MR) is 185 cm³/mol. The van der Waals surface area contributed by atoms with Crippen LogP contribution in [0.3, 0.4) is 0 Å². The number of quaternary nitrogens is 2. The Kier molecular flexibility index (Phi) is 17.7. The first kappa shape index (κ1) is 42.5. The molecule has 1 aromatic carbocycles. The van der Waals surface area contributed by atoms with Crippen LogP contribution >= 0.6 is 25.3 Å². The molecule has 0 unspecified atom stereocenters. The number of aliphatic hydroxyl groups is 1. The quantitative estimate of drug-likeness (QED) is 0.0421. The van der Waals surface area contributed by atoms with E-state index < -0.39 is 95.4 Å². The standard InChI is InChI=1S/C32H48N6O10S2/c33-10-2-1-4-18(13-25(42)26(34)27(50)32(47)48)31(46)38-11-3-5-23(38)30(45)37-22(16-49)24(41)14-19(12-17-6-8-20(40)9-7-17)29(44)36-21(15-39)28(35)43/h6-9,18-19,21-23,26-27,39-40,49-50H,1-5,10-16,33-34H2,(H2,35,43)(H,36,44)(H,37,45)(H,47,48)/p+2/t18-,19-,21+,22+,23+,26-,27-/m1/s1. The van der Waals surface area contributed by atoms with Crippen LogP contribution < -0.4 is 27.8 Å². The summed E-state index contributed by atoms with van der Waals surface area (Å²) in [5.74, 6) is -7.20. The highest BCUT2D eigenvalue weighted by molar-refractivity contribution is 7.81. The molecule has 1 heterocycles. The van der Waals surface area contributed by atoms with Gasteiger partial charge in [-0.25, -0.2) is 0 Å². The Morgan fingerprint density at radius 2 is 1.62 bits per heavy atom. The molecular formula is C32H50N6O10S2+2. The molecule has 0 radical (unpaired) electrons. The number of primary amides is 1. The fourth-order valence-electron chi connectivity index (χ4n) is 5.71. The number of benzene rings is 1. The molecule has 1 aliphatic heterocycles. The summed E-state index contributed by atoms with van der Waals surface area (Å²) < 4.78 is 0. The molecule has 278 valence electrons. The average Bonchev–Trinajstić information content (AvgIpc) is 3.58. The Hall–Kier alpha value is -3.71. The van der Waals surface area contributed by atoms with Crippen LogP contribution in [0.4, 0.5) is 0 Å². The van der Waals surface area contributed by atoms with Gasteiger partial charge in [-0.3, -0.25) is 33.6 Å². The number of thiol groups is 2. The van der Waals surface area contributed by atoms with Gasteiger partial charge in [0.05, 0.1) is 19.2 Å². The van der Waals surface area contributed by atoms with Gasteiger partial charge in [0.2, 0.25) is 23.6 Å². The number of aliphatic hydroxyl groups excluding tert-OH is 1. The van der Waals surface area contributed by atoms with Crippen LogP contribution in [0.1, 0.15) is 50.5 Å². The number of carbonyl (C=O) groups is 7. The minimum absolute atomic E-state index is 0.00960. The van der Waals surface area contributed by atoms with Gasteiger partial charge in [0.1, 0.15) is 17.8 Å². The number of aliphatic carboxylic acids is 1. The minimum Gasteiger partial charge on any atom is -0.508 e. The molecule has 18 heteroatoms. The molecule has 0 aliphatic carbocycles. The van der Waals surface area contributed by atoms with Gasteiger partial charge >= 0.3 is 5.97 Å². The lowest BCUT2D eigenvalue weighted by Crippen LogP contribution is -2.70. The van der Waals surface area contributed by atoms with E-state index in [4.69, 9.17) is 5.73 Å². The molecule has 0 aromatic heterocycles. The number of hydrogen-bond donors (Lipinski definition) is 10. The number of likely N-dealkylation sites (tertiary alicyclic amines) is 1. The summed E-state index contributed by atoms with van der Waals surface area (Å²) in [6.07, 6.45) is 1.72. The molecule has 16 nitrogen and oxygen atoms in total. The summed E-state index contributed by atoms with van der Waals surface area (Å²) in [5, 5.41) is 32.0. The lowest BCUT2D eigenvalue weighted by molar-refractivity contribution is -0.400. The van der Waals surface area contributed by atoms with Crippen molar-refractivity contribution in [3.63, 3.8) is 0 Å². The number of nitrogens with zero attached hydrogens (tertiary/aromatic N) is 1. The molecule has 13 N–H and O–H groups in total. The summed E-state index contributed by atoms with van der Waals surface area (Å²) in [7, 11) is 0. The fourth-order valence-corrected chi connectivity index (χ4v) is 6.17. The Balaban J connectivity index is 2.22. The van der Waals surface area contributed by atoms with Crippen molar-refractivity contribution in [2.24, 2.45) is 17.6 Å². The normalized spacial score (nSPS) is 17.9. The van der Waals surface area contributed by atoms with E-state index in [9.17, 15) is 48.9 Å². The van der Waals surface area contributed by atoms with Gasteiger partial charge < -0.3 is 48.1 Å². The number of carboxylic acid groups (broad SMARTS) is 1. The molecule has 0 bridgehead atoms. The van der Waals surface area contributed by atoms with E-state index in [0.717, 1.165) is 0 Å². The molecule has 2 rings (SSSR count). The van der Waals surface area contributed by atoms with Gasteiger partial charge in [0, 0.05) is 37.0 Å². The van der Waals surface area contributed by atoms with Crippen molar-refractivity contribution in [3.05, 3.63) is 29.8 Å². The summed E-state index contributed by atoms with van der Waals surface area (Å²) in [5.41, 5.74) is 13.3. The molecule has 0 spiro atoms.